The van der Waals surface area contributed by atoms with Crippen LogP contribution in [-0.2, 0) is 4.79 Å². The summed E-state index contributed by atoms with van der Waals surface area (Å²) < 4.78 is 0. The summed E-state index contributed by atoms with van der Waals surface area (Å²) in [6, 6.07) is 3.85. The molecule has 0 spiro atoms. The van der Waals surface area contributed by atoms with Crippen LogP contribution in [0.25, 0.3) is 0 Å². The van der Waals surface area contributed by atoms with Crippen molar-refractivity contribution < 1.29 is 25.2 Å². The molecule has 2 unspecified atom stereocenters. The Morgan fingerprint density at radius 3 is 2.50 bits per heavy atom. The molecule has 0 saturated heterocycles. The van der Waals surface area contributed by atoms with Crippen molar-refractivity contribution in [2.75, 3.05) is 5.75 Å². The number of carbonyl (C=O) groups excluding carboxylic acids is 1. The fourth-order valence-electron chi connectivity index (χ4n) is 1.43. The summed E-state index contributed by atoms with van der Waals surface area (Å²) in [5, 5.41) is 37.9. The van der Waals surface area contributed by atoms with Gasteiger partial charge in [0.15, 0.2) is 16.6 Å². The zero-order valence-corrected chi connectivity index (χ0v) is 10.7. The molecule has 0 aromatic heterocycles. The third kappa shape index (κ3) is 4.21. The molecule has 2 atom stereocenters. The Morgan fingerprint density at radius 2 is 1.94 bits per heavy atom. The van der Waals surface area contributed by atoms with Crippen molar-refractivity contribution in [1.29, 1.82) is 0 Å². The van der Waals surface area contributed by atoms with E-state index in [1.165, 1.54) is 25.1 Å². The topological polar surface area (TPSA) is 98.0 Å². The molecule has 0 heterocycles. The van der Waals surface area contributed by atoms with Gasteiger partial charge in [-0.1, -0.05) is 17.8 Å². The lowest BCUT2D eigenvalue weighted by molar-refractivity contribution is -0.109. The Morgan fingerprint density at radius 1 is 1.28 bits per heavy atom. The largest absolute Gasteiger partial charge is 0.504 e. The van der Waals surface area contributed by atoms with Crippen LogP contribution in [0.2, 0.25) is 0 Å². The van der Waals surface area contributed by atoms with Gasteiger partial charge in [0.25, 0.3) is 0 Å². The molecule has 0 radical (unpaired) electrons. The first-order valence-electron chi connectivity index (χ1n) is 5.43. The molecule has 0 aliphatic carbocycles. The zero-order valence-electron chi connectivity index (χ0n) is 9.91. The van der Waals surface area contributed by atoms with Gasteiger partial charge < -0.3 is 20.4 Å². The number of benzene rings is 1. The molecule has 0 fully saturated rings. The summed E-state index contributed by atoms with van der Waals surface area (Å²) in [6.07, 6.45) is -1.93. The molecule has 4 N–H and O–H groups in total. The normalized spacial score (nSPS) is 14.2. The Labute approximate surface area is 109 Å². The minimum atomic E-state index is -1.16. The number of thioether (sulfide) groups is 1. The fraction of sp³-hybridized carbons (Fsp3) is 0.417. The number of rotatable bonds is 5. The highest BCUT2D eigenvalue weighted by Crippen LogP contribution is 2.29. The fourth-order valence-corrected chi connectivity index (χ4v) is 2.07. The summed E-state index contributed by atoms with van der Waals surface area (Å²) in [6.45, 7) is 1.44. The van der Waals surface area contributed by atoms with Crippen LogP contribution in [0, 0.1) is 0 Å². The van der Waals surface area contributed by atoms with E-state index in [9.17, 15) is 20.1 Å². The molecule has 0 saturated carbocycles. The van der Waals surface area contributed by atoms with Gasteiger partial charge >= 0.3 is 0 Å². The van der Waals surface area contributed by atoms with Crippen LogP contribution in [-0.4, -0.2) is 37.4 Å². The van der Waals surface area contributed by atoms with Gasteiger partial charge in [-0.25, -0.2) is 0 Å². The van der Waals surface area contributed by atoms with Crippen LogP contribution >= 0.6 is 11.8 Å². The monoisotopic (exact) mass is 272 g/mol. The number of aliphatic hydroxyl groups excluding tert-OH is 2. The Bertz CT molecular complexity index is 421. The lowest BCUT2D eigenvalue weighted by Gasteiger charge is -2.18. The van der Waals surface area contributed by atoms with Crippen molar-refractivity contribution in [3.05, 3.63) is 23.8 Å². The van der Waals surface area contributed by atoms with E-state index >= 15 is 0 Å². The molecule has 6 heteroatoms. The Balaban J connectivity index is 2.59. The summed E-state index contributed by atoms with van der Waals surface area (Å²) in [7, 11) is 0. The highest BCUT2D eigenvalue weighted by Gasteiger charge is 2.19. The molecule has 1 rings (SSSR count). The van der Waals surface area contributed by atoms with E-state index in [-0.39, 0.29) is 23.0 Å². The average molecular weight is 272 g/mol. The number of phenols is 2. The summed E-state index contributed by atoms with van der Waals surface area (Å²) in [5.41, 5.74) is 0.311. The van der Waals surface area contributed by atoms with Crippen molar-refractivity contribution in [2.24, 2.45) is 0 Å². The van der Waals surface area contributed by atoms with E-state index in [2.05, 4.69) is 0 Å². The molecule has 100 valence electrons. The lowest BCUT2D eigenvalue weighted by atomic mass is 10.0. The van der Waals surface area contributed by atoms with E-state index < -0.39 is 12.2 Å². The number of hydrogen-bond acceptors (Lipinski definition) is 6. The van der Waals surface area contributed by atoms with Gasteiger partial charge in [-0.05, 0) is 24.1 Å². The zero-order chi connectivity index (χ0) is 13.7. The average Bonchev–Trinajstić information content (AvgIpc) is 2.31. The van der Waals surface area contributed by atoms with Gasteiger partial charge in [-0.2, -0.15) is 0 Å². The standard InChI is InChI=1S/C12H16O5S/c1-7(13)18-5-4-10(15)12(17)8-2-3-9(14)11(16)6-8/h2-3,6,10,12,14-17H,4-5H2,1H3. The SMILES string of the molecule is CC(=O)SCCC(O)C(O)c1ccc(O)c(O)c1. The quantitative estimate of drug-likeness (QED) is 0.600. The van der Waals surface area contributed by atoms with E-state index in [4.69, 9.17) is 5.11 Å². The molecule has 0 aliphatic rings. The van der Waals surface area contributed by atoms with Crippen LogP contribution in [0.15, 0.2) is 18.2 Å². The summed E-state index contributed by atoms with van der Waals surface area (Å²) >= 11 is 1.08. The predicted octanol–water partition coefficient (Wildman–Crippen LogP) is 1.16. The van der Waals surface area contributed by atoms with Gasteiger partial charge in [-0.3, -0.25) is 4.79 Å². The number of hydrogen-bond donors (Lipinski definition) is 4. The molecule has 1 aromatic rings. The van der Waals surface area contributed by atoms with Crippen molar-refractivity contribution in [3.63, 3.8) is 0 Å². The van der Waals surface area contributed by atoms with Crippen molar-refractivity contribution in [2.45, 2.75) is 25.6 Å². The number of phenolic OH excluding ortho intramolecular Hbond substituents is 2. The van der Waals surface area contributed by atoms with E-state index in [1.807, 2.05) is 0 Å². The highest BCUT2D eigenvalue weighted by atomic mass is 32.2. The second-order valence-electron chi connectivity index (χ2n) is 3.89. The first-order valence-corrected chi connectivity index (χ1v) is 6.41. The van der Waals surface area contributed by atoms with Crippen LogP contribution in [0.3, 0.4) is 0 Å². The third-order valence-corrected chi connectivity index (χ3v) is 3.27. The molecule has 0 amide bonds. The van der Waals surface area contributed by atoms with Gasteiger partial charge in [0.2, 0.25) is 0 Å². The van der Waals surface area contributed by atoms with E-state index in [1.54, 1.807) is 0 Å². The van der Waals surface area contributed by atoms with Gasteiger partial charge in [-0.15, -0.1) is 0 Å². The second kappa shape index (κ2) is 6.63. The Kier molecular flexibility index (Phi) is 5.46. The Hall–Kier alpha value is -1.24. The molecule has 0 aliphatic heterocycles. The first-order chi connectivity index (χ1) is 8.41. The lowest BCUT2D eigenvalue weighted by Crippen LogP contribution is -2.19. The molecule has 18 heavy (non-hydrogen) atoms. The third-order valence-electron chi connectivity index (χ3n) is 2.42. The van der Waals surface area contributed by atoms with Crippen LogP contribution in [0.5, 0.6) is 11.5 Å². The second-order valence-corrected chi connectivity index (χ2v) is 5.16. The minimum Gasteiger partial charge on any atom is -0.504 e. The van der Waals surface area contributed by atoms with Crippen molar-refractivity contribution in [1.82, 2.24) is 0 Å². The van der Waals surface area contributed by atoms with Crippen molar-refractivity contribution in [3.8, 4) is 11.5 Å². The molecular weight excluding hydrogens is 256 g/mol. The summed E-state index contributed by atoms with van der Waals surface area (Å²) in [4.78, 5) is 10.7. The van der Waals surface area contributed by atoms with Gasteiger partial charge in [0.05, 0.1) is 6.10 Å². The summed E-state index contributed by atoms with van der Waals surface area (Å²) in [5.74, 6) is -0.220. The van der Waals surface area contributed by atoms with E-state index in [0.29, 0.717) is 11.3 Å². The van der Waals surface area contributed by atoms with Gasteiger partial charge in [0, 0.05) is 12.7 Å². The highest BCUT2D eigenvalue weighted by molar-refractivity contribution is 8.13. The molecule has 5 nitrogen and oxygen atoms in total. The predicted molar refractivity (Wildman–Crippen MR) is 68.5 cm³/mol. The maximum atomic E-state index is 10.7. The van der Waals surface area contributed by atoms with Gasteiger partial charge in [0.1, 0.15) is 6.10 Å². The van der Waals surface area contributed by atoms with Crippen LogP contribution < -0.4 is 0 Å². The minimum absolute atomic E-state index is 0.0426. The van der Waals surface area contributed by atoms with Crippen LogP contribution in [0.4, 0.5) is 0 Å². The molecule has 1 aromatic carbocycles. The van der Waals surface area contributed by atoms with E-state index in [0.717, 1.165) is 11.8 Å². The maximum Gasteiger partial charge on any atom is 0.185 e. The number of carbonyl (C=O) groups is 1. The molecule has 0 bridgehead atoms. The van der Waals surface area contributed by atoms with Crippen molar-refractivity contribution >= 4 is 16.9 Å². The maximum absolute atomic E-state index is 10.7. The molecular formula is C12H16O5S. The smallest absolute Gasteiger partial charge is 0.185 e. The first kappa shape index (κ1) is 14.8. The van der Waals surface area contributed by atoms with Crippen LogP contribution in [0.1, 0.15) is 25.0 Å². The number of aliphatic hydroxyl groups is 2. The number of aromatic hydroxyl groups is 2.